The average molecular weight is 300 g/mol. The Hall–Kier alpha value is -1.50. The Balaban J connectivity index is 2.53. The minimum Gasteiger partial charge on any atom is -0.493 e. The Bertz CT molecular complexity index is 382. The van der Waals surface area contributed by atoms with Gasteiger partial charge in [0.1, 0.15) is 6.61 Å². The van der Waals surface area contributed by atoms with Gasteiger partial charge in [0, 0.05) is 20.3 Å². The van der Waals surface area contributed by atoms with Crippen molar-refractivity contribution < 1.29 is 28.8 Å². The van der Waals surface area contributed by atoms with Crippen LogP contribution >= 0.6 is 0 Å². The molecule has 0 spiro atoms. The summed E-state index contributed by atoms with van der Waals surface area (Å²) in [6, 6.07) is 3.44. The van der Waals surface area contributed by atoms with Crippen molar-refractivity contribution in [3.8, 4) is 17.2 Å². The van der Waals surface area contributed by atoms with Crippen molar-refractivity contribution in [2.24, 2.45) is 0 Å². The Morgan fingerprint density at radius 3 is 2.10 bits per heavy atom. The SMILES string of the molecule is COCCCOCCOc1c(OC)cc(CO)cc1OC. The lowest BCUT2D eigenvalue weighted by Crippen LogP contribution is -2.10. The van der Waals surface area contributed by atoms with Gasteiger partial charge in [0.05, 0.1) is 27.4 Å². The van der Waals surface area contributed by atoms with Crippen LogP contribution in [0, 0.1) is 0 Å². The summed E-state index contributed by atoms with van der Waals surface area (Å²) in [6.45, 7) is 2.09. The summed E-state index contributed by atoms with van der Waals surface area (Å²) in [7, 11) is 4.76. The van der Waals surface area contributed by atoms with E-state index in [4.69, 9.17) is 23.7 Å². The standard InChI is InChI=1S/C15H24O6/c1-17-5-4-6-20-7-8-21-15-13(18-2)9-12(11-16)10-14(15)19-3/h9-10,16H,4-8,11H2,1-3H3. The fourth-order valence-electron chi connectivity index (χ4n) is 1.78. The molecular formula is C15H24O6. The molecule has 0 atom stereocenters. The Morgan fingerprint density at radius 1 is 0.905 bits per heavy atom. The van der Waals surface area contributed by atoms with E-state index in [0.717, 1.165) is 6.42 Å². The highest BCUT2D eigenvalue weighted by Crippen LogP contribution is 2.38. The molecule has 0 aliphatic carbocycles. The van der Waals surface area contributed by atoms with E-state index < -0.39 is 0 Å². The van der Waals surface area contributed by atoms with Gasteiger partial charge >= 0.3 is 0 Å². The number of aliphatic hydroxyl groups excluding tert-OH is 1. The molecule has 120 valence electrons. The molecule has 1 aromatic rings. The molecule has 0 saturated heterocycles. The van der Waals surface area contributed by atoms with Gasteiger partial charge in [0.2, 0.25) is 5.75 Å². The van der Waals surface area contributed by atoms with Gasteiger partial charge in [-0.3, -0.25) is 0 Å². The molecule has 0 heterocycles. The number of ether oxygens (including phenoxy) is 5. The van der Waals surface area contributed by atoms with Crippen LogP contribution in [0.1, 0.15) is 12.0 Å². The van der Waals surface area contributed by atoms with Crippen LogP contribution in [0.5, 0.6) is 17.2 Å². The van der Waals surface area contributed by atoms with Gasteiger partial charge < -0.3 is 28.8 Å². The molecule has 6 nitrogen and oxygen atoms in total. The van der Waals surface area contributed by atoms with E-state index in [0.29, 0.717) is 49.2 Å². The van der Waals surface area contributed by atoms with Gasteiger partial charge in [-0.2, -0.15) is 0 Å². The van der Waals surface area contributed by atoms with Crippen molar-refractivity contribution >= 4 is 0 Å². The highest BCUT2D eigenvalue weighted by atomic mass is 16.6. The van der Waals surface area contributed by atoms with E-state index in [1.165, 1.54) is 0 Å². The molecule has 1 aromatic carbocycles. The lowest BCUT2D eigenvalue weighted by Gasteiger charge is -2.15. The predicted octanol–water partition coefficient (Wildman–Crippen LogP) is 1.63. The first kappa shape index (κ1) is 17.6. The maximum absolute atomic E-state index is 9.20. The zero-order chi connectivity index (χ0) is 15.5. The van der Waals surface area contributed by atoms with Crippen molar-refractivity contribution in [2.45, 2.75) is 13.0 Å². The first-order valence-corrected chi connectivity index (χ1v) is 6.82. The Labute approximate surface area is 125 Å². The van der Waals surface area contributed by atoms with E-state index in [1.54, 1.807) is 33.5 Å². The molecule has 0 aromatic heterocycles. The van der Waals surface area contributed by atoms with E-state index in [2.05, 4.69) is 0 Å². The van der Waals surface area contributed by atoms with Gasteiger partial charge in [-0.1, -0.05) is 0 Å². The van der Waals surface area contributed by atoms with Crippen LogP contribution in [-0.2, 0) is 16.1 Å². The molecule has 0 aliphatic rings. The maximum Gasteiger partial charge on any atom is 0.203 e. The van der Waals surface area contributed by atoms with Crippen molar-refractivity contribution in [1.29, 1.82) is 0 Å². The van der Waals surface area contributed by atoms with E-state index in [1.807, 2.05) is 0 Å². The normalized spacial score (nSPS) is 10.5. The van der Waals surface area contributed by atoms with Crippen LogP contribution in [0.15, 0.2) is 12.1 Å². The van der Waals surface area contributed by atoms with Gasteiger partial charge in [-0.15, -0.1) is 0 Å². The maximum atomic E-state index is 9.20. The van der Waals surface area contributed by atoms with Crippen LogP contribution < -0.4 is 14.2 Å². The molecule has 21 heavy (non-hydrogen) atoms. The summed E-state index contributed by atoms with van der Waals surface area (Å²) in [5.74, 6) is 1.56. The number of aliphatic hydroxyl groups is 1. The lowest BCUT2D eigenvalue weighted by molar-refractivity contribution is 0.0792. The number of benzene rings is 1. The van der Waals surface area contributed by atoms with Crippen LogP contribution in [0.2, 0.25) is 0 Å². The summed E-state index contributed by atoms with van der Waals surface area (Å²) >= 11 is 0. The number of methoxy groups -OCH3 is 3. The highest BCUT2D eigenvalue weighted by Gasteiger charge is 2.13. The van der Waals surface area contributed by atoms with Crippen LogP contribution in [0.3, 0.4) is 0 Å². The molecule has 0 amide bonds. The summed E-state index contributed by atoms with van der Waals surface area (Å²) in [5, 5.41) is 9.20. The molecule has 0 unspecified atom stereocenters. The molecule has 1 N–H and O–H groups in total. The average Bonchev–Trinajstić information content (AvgIpc) is 2.53. The molecule has 0 fully saturated rings. The fourth-order valence-corrected chi connectivity index (χ4v) is 1.78. The Morgan fingerprint density at radius 2 is 1.57 bits per heavy atom. The third-order valence-electron chi connectivity index (χ3n) is 2.81. The summed E-state index contributed by atoms with van der Waals surface area (Å²) in [5.41, 5.74) is 0.701. The third-order valence-corrected chi connectivity index (χ3v) is 2.81. The summed E-state index contributed by atoms with van der Waals surface area (Å²) < 4.78 is 26.6. The zero-order valence-corrected chi connectivity index (χ0v) is 12.9. The van der Waals surface area contributed by atoms with Gasteiger partial charge in [0.15, 0.2) is 11.5 Å². The third kappa shape index (κ3) is 5.79. The second kappa shape index (κ2) is 10.3. The smallest absolute Gasteiger partial charge is 0.203 e. The molecule has 1 rings (SSSR count). The quantitative estimate of drug-likeness (QED) is 0.627. The van der Waals surface area contributed by atoms with E-state index in [-0.39, 0.29) is 6.61 Å². The van der Waals surface area contributed by atoms with E-state index in [9.17, 15) is 5.11 Å². The highest BCUT2D eigenvalue weighted by molar-refractivity contribution is 5.53. The summed E-state index contributed by atoms with van der Waals surface area (Å²) in [4.78, 5) is 0. The largest absolute Gasteiger partial charge is 0.493 e. The minimum atomic E-state index is -0.0877. The molecule has 0 aliphatic heterocycles. The lowest BCUT2D eigenvalue weighted by atomic mass is 10.2. The second-order valence-electron chi connectivity index (χ2n) is 4.29. The van der Waals surface area contributed by atoms with Gasteiger partial charge in [0.25, 0.3) is 0 Å². The second-order valence-corrected chi connectivity index (χ2v) is 4.29. The van der Waals surface area contributed by atoms with Crippen molar-refractivity contribution in [3.05, 3.63) is 17.7 Å². The topological polar surface area (TPSA) is 66.4 Å². The van der Waals surface area contributed by atoms with Gasteiger partial charge in [-0.25, -0.2) is 0 Å². The summed E-state index contributed by atoms with van der Waals surface area (Å²) in [6.07, 6.45) is 0.855. The molecule has 0 saturated carbocycles. The monoisotopic (exact) mass is 300 g/mol. The minimum absolute atomic E-state index is 0.0877. The number of hydrogen-bond donors (Lipinski definition) is 1. The molecule has 0 bridgehead atoms. The van der Waals surface area contributed by atoms with Crippen molar-refractivity contribution in [2.75, 3.05) is 47.8 Å². The fraction of sp³-hybridized carbons (Fsp3) is 0.600. The van der Waals surface area contributed by atoms with Crippen molar-refractivity contribution in [1.82, 2.24) is 0 Å². The molecular weight excluding hydrogens is 276 g/mol. The van der Waals surface area contributed by atoms with E-state index >= 15 is 0 Å². The molecule has 0 radical (unpaired) electrons. The number of rotatable bonds is 11. The zero-order valence-electron chi connectivity index (χ0n) is 12.9. The van der Waals surface area contributed by atoms with Crippen LogP contribution in [0.25, 0.3) is 0 Å². The van der Waals surface area contributed by atoms with Crippen molar-refractivity contribution in [3.63, 3.8) is 0 Å². The predicted molar refractivity (Wildman–Crippen MR) is 78.3 cm³/mol. The Kier molecular flexibility index (Phi) is 8.57. The number of hydrogen-bond acceptors (Lipinski definition) is 6. The first-order valence-electron chi connectivity index (χ1n) is 6.82. The molecule has 6 heteroatoms. The van der Waals surface area contributed by atoms with Gasteiger partial charge in [-0.05, 0) is 24.1 Å². The van der Waals surface area contributed by atoms with Crippen LogP contribution in [0.4, 0.5) is 0 Å². The van der Waals surface area contributed by atoms with Crippen LogP contribution in [-0.4, -0.2) is 52.9 Å². The first-order chi connectivity index (χ1) is 10.3.